The van der Waals surface area contributed by atoms with Gasteiger partial charge in [0.2, 0.25) is 0 Å². The van der Waals surface area contributed by atoms with Crippen molar-refractivity contribution in [2.45, 2.75) is 20.0 Å². The van der Waals surface area contributed by atoms with Crippen LogP contribution in [0.5, 0.6) is 5.75 Å². The first-order chi connectivity index (χ1) is 8.93. The third-order valence-electron chi connectivity index (χ3n) is 2.18. The van der Waals surface area contributed by atoms with Gasteiger partial charge in [-0.3, -0.25) is 4.79 Å². The lowest BCUT2D eigenvalue weighted by Gasteiger charge is -2.09. The van der Waals surface area contributed by atoms with Crippen molar-refractivity contribution in [1.82, 2.24) is 0 Å². The molecule has 19 heavy (non-hydrogen) atoms. The van der Waals surface area contributed by atoms with Crippen molar-refractivity contribution in [3.63, 3.8) is 0 Å². The highest BCUT2D eigenvalue weighted by atomic mass is 16.5. The van der Waals surface area contributed by atoms with Gasteiger partial charge in [0.25, 0.3) is 5.78 Å². The summed E-state index contributed by atoms with van der Waals surface area (Å²) in [7, 11) is 1.10. The summed E-state index contributed by atoms with van der Waals surface area (Å²) in [6.45, 7) is 3.81. The molecule has 0 saturated heterocycles. The van der Waals surface area contributed by atoms with Crippen molar-refractivity contribution < 1.29 is 24.2 Å². The van der Waals surface area contributed by atoms with Crippen LogP contribution < -0.4 is 4.74 Å². The second kappa shape index (κ2) is 6.58. The number of carbonyl (C=O) groups is 2. The molecule has 5 heteroatoms. The molecule has 102 valence electrons. The van der Waals surface area contributed by atoms with Crippen molar-refractivity contribution in [2.24, 2.45) is 0 Å². The quantitative estimate of drug-likeness (QED) is 0.381. The van der Waals surface area contributed by atoms with Crippen LogP contribution in [0.1, 0.15) is 19.4 Å². The van der Waals surface area contributed by atoms with Gasteiger partial charge in [-0.2, -0.15) is 0 Å². The van der Waals surface area contributed by atoms with E-state index in [1.54, 1.807) is 24.3 Å². The number of hydrogen-bond acceptors (Lipinski definition) is 5. The number of carbonyl (C=O) groups excluding carboxylic acids is 2. The van der Waals surface area contributed by atoms with E-state index >= 15 is 0 Å². The van der Waals surface area contributed by atoms with Crippen LogP contribution >= 0.6 is 0 Å². The maximum absolute atomic E-state index is 11.2. The zero-order chi connectivity index (χ0) is 14.4. The number of ketones is 1. The Labute approximate surface area is 111 Å². The molecule has 1 N–H and O–H groups in total. The number of esters is 1. The Morgan fingerprint density at radius 1 is 1.21 bits per heavy atom. The van der Waals surface area contributed by atoms with Gasteiger partial charge < -0.3 is 14.6 Å². The maximum atomic E-state index is 11.2. The molecule has 0 aliphatic heterocycles. The van der Waals surface area contributed by atoms with E-state index < -0.39 is 11.8 Å². The SMILES string of the molecule is COC(=O)C(=O)C=C(O)c1ccc(OC(C)C)cc1. The molecule has 0 amide bonds. The summed E-state index contributed by atoms with van der Waals surface area (Å²) >= 11 is 0. The van der Waals surface area contributed by atoms with Crippen molar-refractivity contribution in [3.8, 4) is 5.75 Å². The van der Waals surface area contributed by atoms with Crippen LogP contribution in [0, 0.1) is 0 Å². The van der Waals surface area contributed by atoms with Gasteiger partial charge in [0.05, 0.1) is 13.2 Å². The van der Waals surface area contributed by atoms with Gasteiger partial charge in [-0.1, -0.05) is 0 Å². The van der Waals surface area contributed by atoms with Gasteiger partial charge in [0.15, 0.2) is 0 Å². The standard InChI is InChI=1S/C14H16O5/c1-9(2)19-11-6-4-10(5-7-11)12(15)8-13(16)14(17)18-3/h4-9,15H,1-3H3. The van der Waals surface area contributed by atoms with Crippen LogP contribution in [0.2, 0.25) is 0 Å². The lowest BCUT2D eigenvalue weighted by atomic mass is 10.1. The number of ether oxygens (including phenoxy) is 2. The monoisotopic (exact) mass is 264 g/mol. The summed E-state index contributed by atoms with van der Waals surface area (Å²) in [6.07, 6.45) is 0.875. The summed E-state index contributed by atoms with van der Waals surface area (Å²) in [5.74, 6) is -1.58. The minimum Gasteiger partial charge on any atom is -0.507 e. The summed E-state index contributed by atoms with van der Waals surface area (Å²) in [4.78, 5) is 22.1. The molecule has 1 aromatic carbocycles. The summed E-state index contributed by atoms with van der Waals surface area (Å²) in [6, 6.07) is 6.52. The predicted octanol–water partition coefficient (Wildman–Crippen LogP) is 2.11. The van der Waals surface area contributed by atoms with Gasteiger partial charge in [-0.25, -0.2) is 4.79 Å². The predicted molar refractivity (Wildman–Crippen MR) is 69.8 cm³/mol. The van der Waals surface area contributed by atoms with Crippen molar-refractivity contribution in [1.29, 1.82) is 0 Å². The van der Waals surface area contributed by atoms with Crippen molar-refractivity contribution in [2.75, 3.05) is 7.11 Å². The zero-order valence-electron chi connectivity index (χ0n) is 11.0. The summed E-state index contributed by atoms with van der Waals surface area (Å²) in [5, 5.41) is 9.70. The molecule has 0 unspecified atom stereocenters. The van der Waals surface area contributed by atoms with Crippen LogP contribution in [-0.2, 0) is 14.3 Å². The molecule has 5 nitrogen and oxygen atoms in total. The Bertz CT molecular complexity index is 485. The number of aliphatic hydroxyl groups excluding tert-OH is 1. The van der Waals surface area contributed by atoms with Crippen molar-refractivity contribution >= 4 is 17.5 Å². The number of aliphatic hydroxyl groups is 1. The van der Waals surface area contributed by atoms with E-state index in [2.05, 4.69) is 4.74 Å². The molecular weight excluding hydrogens is 248 g/mol. The average molecular weight is 264 g/mol. The Morgan fingerprint density at radius 2 is 1.79 bits per heavy atom. The molecule has 0 bridgehead atoms. The first-order valence-corrected chi connectivity index (χ1v) is 5.74. The van der Waals surface area contributed by atoms with Gasteiger partial charge >= 0.3 is 5.97 Å². The fraction of sp³-hybridized carbons (Fsp3) is 0.286. The van der Waals surface area contributed by atoms with Crippen LogP contribution in [0.3, 0.4) is 0 Å². The Kier molecular flexibility index (Phi) is 5.11. The number of methoxy groups -OCH3 is 1. The average Bonchev–Trinajstić information content (AvgIpc) is 2.37. The molecule has 1 rings (SSSR count). The Morgan fingerprint density at radius 3 is 2.26 bits per heavy atom. The molecule has 0 fully saturated rings. The second-order valence-electron chi connectivity index (χ2n) is 4.08. The van der Waals surface area contributed by atoms with Crippen LogP contribution in [0.15, 0.2) is 30.3 Å². The fourth-order valence-corrected chi connectivity index (χ4v) is 1.34. The third-order valence-corrected chi connectivity index (χ3v) is 2.18. The molecule has 1 aromatic rings. The first kappa shape index (κ1) is 14.8. The minimum absolute atomic E-state index is 0.0518. The van der Waals surface area contributed by atoms with E-state index in [-0.39, 0.29) is 11.9 Å². The summed E-state index contributed by atoms with van der Waals surface area (Å²) < 4.78 is 9.69. The second-order valence-corrected chi connectivity index (χ2v) is 4.08. The molecule has 0 aliphatic carbocycles. The summed E-state index contributed by atoms with van der Waals surface area (Å²) in [5.41, 5.74) is 0.411. The van der Waals surface area contributed by atoms with E-state index in [1.807, 2.05) is 13.8 Å². The number of benzene rings is 1. The van der Waals surface area contributed by atoms with Crippen LogP contribution in [-0.4, -0.2) is 30.1 Å². The topological polar surface area (TPSA) is 72.8 Å². The Hall–Kier alpha value is -2.30. The molecule has 0 spiro atoms. The molecule has 0 radical (unpaired) electrons. The Balaban J connectivity index is 2.83. The number of rotatable bonds is 5. The highest BCUT2D eigenvalue weighted by Gasteiger charge is 2.12. The molecule has 0 aromatic heterocycles. The maximum Gasteiger partial charge on any atom is 0.378 e. The molecule has 0 saturated carbocycles. The molecule has 0 aliphatic rings. The minimum atomic E-state index is -1.02. The van der Waals surface area contributed by atoms with E-state index in [0.717, 1.165) is 13.2 Å². The van der Waals surface area contributed by atoms with Gasteiger partial charge in [-0.05, 0) is 38.1 Å². The van der Waals surface area contributed by atoms with E-state index in [4.69, 9.17) is 4.74 Å². The smallest absolute Gasteiger partial charge is 0.378 e. The molecular formula is C14H16O5. The first-order valence-electron chi connectivity index (χ1n) is 5.74. The number of hydrogen-bond donors (Lipinski definition) is 1. The lowest BCUT2D eigenvalue weighted by Crippen LogP contribution is -2.13. The van der Waals surface area contributed by atoms with Crippen molar-refractivity contribution in [3.05, 3.63) is 35.9 Å². The zero-order valence-corrected chi connectivity index (χ0v) is 11.0. The molecule has 0 atom stereocenters. The van der Waals surface area contributed by atoms with E-state index in [9.17, 15) is 14.7 Å². The van der Waals surface area contributed by atoms with Gasteiger partial charge in [0, 0.05) is 11.6 Å². The highest BCUT2D eigenvalue weighted by molar-refractivity contribution is 6.39. The fourth-order valence-electron chi connectivity index (χ4n) is 1.34. The van der Waals surface area contributed by atoms with Gasteiger partial charge in [0.1, 0.15) is 11.5 Å². The largest absolute Gasteiger partial charge is 0.507 e. The third kappa shape index (κ3) is 4.46. The normalized spacial score (nSPS) is 11.3. The van der Waals surface area contributed by atoms with Crippen LogP contribution in [0.25, 0.3) is 5.76 Å². The highest BCUT2D eigenvalue weighted by Crippen LogP contribution is 2.18. The van der Waals surface area contributed by atoms with E-state index in [0.29, 0.717) is 11.3 Å². The lowest BCUT2D eigenvalue weighted by molar-refractivity contribution is -0.149. The molecule has 0 heterocycles. The van der Waals surface area contributed by atoms with Crippen LogP contribution in [0.4, 0.5) is 0 Å². The van der Waals surface area contributed by atoms with Gasteiger partial charge in [-0.15, -0.1) is 0 Å². The van der Waals surface area contributed by atoms with E-state index in [1.165, 1.54) is 0 Å².